The van der Waals surface area contributed by atoms with Crippen LogP contribution in [0.5, 0.6) is 0 Å². The lowest BCUT2D eigenvalue weighted by atomic mass is 9.80. The SMILES string of the molecule is CC[C@H](C)[C@@H]([C@@H](CC(=O)N1CCC[C@H]1[C@H](OC)[C@@H](C)C(=O)C[C@@H](Cc1ccccc1)C(=O)C[C@@H](CCC(=O)O)C(=O)N[C@@H](CCCCNC(=O)CCN1C(=O)CC(C(C)(C)C)C1=O)C(=O)O)OC)N(C)C(=O)[C@@H](CC(=O)[C@H](C(C)C)N(C)CCCC(C)C)C(C)C. The maximum Gasteiger partial charge on any atom is 0.326 e. The number of methoxy groups -OCH3 is 2. The molecule has 2 fully saturated rings. The number of carboxylic acids is 2. The number of likely N-dealkylation sites (N-methyl/N-ethyl adjacent to an activating group) is 2. The molecule has 3 rings (SSSR count). The highest BCUT2D eigenvalue weighted by molar-refractivity contribution is 6.04. The Morgan fingerprint density at radius 1 is 0.758 bits per heavy atom. The molecule has 0 bridgehead atoms. The van der Waals surface area contributed by atoms with Crippen molar-refractivity contribution in [2.75, 3.05) is 54.5 Å². The normalized spacial score (nSPS) is 18.8. The predicted molar refractivity (Wildman–Crippen MR) is 348 cm³/mol. The Morgan fingerprint density at radius 3 is 1.96 bits per heavy atom. The Morgan fingerprint density at radius 2 is 1.41 bits per heavy atom. The number of benzene rings is 1. The van der Waals surface area contributed by atoms with Gasteiger partial charge >= 0.3 is 11.9 Å². The van der Waals surface area contributed by atoms with Gasteiger partial charge in [-0.15, -0.1) is 0 Å². The second kappa shape index (κ2) is 38.3. The van der Waals surface area contributed by atoms with Crippen LogP contribution < -0.4 is 10.6 Å². The van der Waals surface area contributed by atoms with Gasteiger partial charge in [-0.25, -0.2) is 4.79 Å². The number of carbonyl (C=O) groups excluding carboxylic acids is 9. The molecule has 2 heterocycles. The fraction of sp³-hybridized carbons (Fsp3) is 0.757. The minimum absolute atomic E-state index is 0.0310. The summed E-state index contributed by atoms with van der Waals surface area (Å²) in [5.74, 6) is -9.46. The second-order valence-corrected chi connectivity index (χ2v) is 28.2. The summed E-state index contributed by atoms with van der Waals surface area (Å²) in [7, 11) is 6.74. The fourth-order valence-electron chi connectivity index (χ4n) is 13.4. The maximum absolute atomic E-state index is 14.8. The lowest BCUT2D eigenvalue weighted by Gasteiger charge is -2.41. The van der Waals surface area contributed by atoms with E-state index in [-0.39, 0.29) is 130 Å². The van der Waals surface area contributed by atoms with Gasteiger partial charge in [-0.2, -0.15) is 0 Å². The third kappa shape index (κ3) is 24.5. The number of hydrogen-bond donors (Lipinski definition) is 4. The predicted octanol–water partition coefficient (Wildman–Crippen LogP) is 8.46. The van der Waals surface area contributed by atoms with E-state index in [4.69, 9.17) is 9.47 Å². The maximum atomic E-state index is 14.8. The van der Waals surface area contributed by atoms with Crippen molar-refractivity contribution < 1.29 is 72.4 Å². The molecule has 514 valence electrons. The highest BCUT2D eigenvalue weighted by Gasteiger charge is 2.46. The van der Waals surface area contributed by atoms with Crippen molar-refractivity contribution >= 4 is 64.7 Å². The third-order valence-electron chi connectivity index (χ3n) is 19.1. The van der Waals surface area contributed by atoms with Crippen LogP contribution in [0.25, 0.3) is 0 Å². The van der Waals surface area contributed by atoms with Crippen molar-refractivity contribution in [2.24, 2.45) is 58.7 Å². The number of unbranched alkanes of at least 4 members (excludes halogenated alkanes) is 1. The number of Topliss-reactive ketones (excluding diaryl/α,β-unsaturated/α-hetero) is 3. The number of likely N-dealkylation sites (tertiary alicyclic amines) is 2. The Kier molecular flexibility index (Phi) is 33.4. The van der Waals surface area contributed by atoms with Crippen LogP contribution in [0.2, 0.25) is 0 Å². The van der Waals surface area contributed by atoms with Crippen molar-refractivity contribution in [3.8, 4) is 0 Å². The zero-order chi connectivity index (χ0) is 68.6. The number of aliphatic carboxylic acids is 2. The molecule has 0 radical (unpaired) electrons. The van der Waals surface area contributed by atoms with Gasteiger partial charge in [0.05, 0.1) is 42.7 Å². The molecule has 0 aromatic heterocycles. The molecule has 1 unspecified atom stereocenters. The van der Waals surface area contributed by atoms with Gasteiger partial charge in [-0.05, 0) is 106 Å². The second-order valence-electron chi connectivity index (χ2n) is 28.2. The van der Waals surface area contributed by atoms with E-state index in [1.807, 2.05) is 69.4 Å². The average Bonchev–Trinajstić information content (AvgIpc) is 1.79. The van der Waals surface area contributed by atoms with E-state index in [0.29, 0.717) is 38.1 Å². The number of ether oxygens (including phenoxy) is 2. The van der Waals surface area contributed by atoms with Gasteiger partial charge in [0.25, 0.3) is 0 Å². The number of hydrogen-bond acceptors (Lipinski definition) is 14. The molecule has 21 heteroatoms. The van der Waals surface area contributed by atoms with E-state index >= 15 is 0 Å². The first-order valence-electron chi connectivity index (χ1n) is 33.5. The lowest BCUT2D eigenvalue weighted by molar-refractivity contribution is -0.149. The molecule has 12 atom stereocenters. The van der Waals surface area contributed by atoms with Gasteiger partial charge in [0.15, 0.2) is 5.78 Å². The number of ketones is 3. The van der Waals surface area contributed by atoms with Crippen molar-refractivity contribution in [3.05, 3.63) is 35.9 Å². The molecule has 2 saturated heterocycles. The summed E-state index contributed by atoms with van der Waals surface area (Å²) in [6.07, 6.45) is 1.38. The standard InChI is InChI=1S/C70H114N6O15/c1-17-46(8)64(74(14)67(86)51(44(4)5)40-57(79)63(45(6)7)73(13)34-23-25-43(2)3)58(90-15)42-61(82)75-35-24-29-54(75)65(91-16)47(9)55(77)39-50(37-48-26-19-18-20-27-48)56(78)38-49(30-31-62(83)84)66(85)72-53(69(88)89)28-21-22-33-71-59(80)32-36-76-60(81)41-52(68(76)87)70(10,11)12/h18-20,26-27,43-47,49-54,58,63-65H,17,21-25,28-42H2,1-16H3,(H,71,80)(H,72,85)(H,83,84)(H,88,89)/t46-,47-,49+,50+,51-,52?,53-,54-,58+,63-,64-,65+/m0/s1. The smallest absolute Gasteiger partial charge is 0.326 e. The van der Waals surface area contributed by atoms with Gasteiger partial charge < -0.3 is 40.1 Å². The van der Waals surface area contributed by atoms with E-state index in [9.17, 15) is 63.0 Å². The van der Waals surface area contributed by atoms with Gasteiger partial charge in [0.2, 0.25) is 35.4 Å². The topological polar surface area (TPSA) is 284 Å². The van der Waals surface area contributed by atoms with E-state index in [2.05, 4.69) is 29.4 Å². The number of amides is 6. The summed E-state index contributed by atoms with van der Waals surface area (Å²) in [6, 6.07) is 6.18. The van der Waals surface area contributed by atoms with Crippen molar-refractivity contribution in [2.45, 2.75) is 229 Å². The van der Waals surface area contributed by atoms with E-state index in [0.717, 1.165) is 29.8 Å². The number of imide groups is 1. The van der Waals surface area contributed by atoms with Crippen molar-refractivity contribution in [1.29, 1.82) is 0 Å². The largest absolute Gasteiger partial charge is 0.481 e. The number of rotatable bonds is 43. The highest BCUT2D eigenvalue weighted by Crippen LogP contribution is 2.36. The Balaban J connectivity index is 1.77. The van der Waals surface area contributed by atoms with Crippen LogP contribution in [0.15, 0.2) is 30.3 Å². The van der Waals surface area contributed by atoms with Gasteiger partial charge in [-0.3, -0.25) is 57.7 Å². The number of carboxylic acid groups (broad SMARTS) is 2. The van der Waals surface area contributed by atoms with Crippen LogP contribution in [0, 0.1) is 58.7 Å². The molecule has 1 aromatic rings. The summed E-state index contributed by atoms with van der Waals surface area (Å²) >= 11 is 0. The van der Waals surface area contributed by atoms with Gasteiger partial charge in [-0.1, -0.05) is 120 Å². The fourth-order valence-corrected chi connectivity index (χ4v) is 13.4. The van der Waals surface area contributed by atoms with Crippen LogP contribution in [0.3, 0.4) is 0 Å². The summed E-state index contributed by atoms with van der Waals surface area (Å²) in [4.78, 5) is 156. The molecule has 91 heavy (non-hydrogen) atoms. The van der Waals surface area contributed by atoms with Crippen molar-refractivity contribution in [1.82, 2.24) is 30.2 Å². The molecular weight excluding hydrogens is 1160 g/mol. The Bertz CT molecular complexity index is 2570. The number of nitrogens with one attached hydrogen (secondary N) is 2. The first-order valence-corrected chi connectivity index (χ1v) is 33.5. The molecule has 0 saturated carbocycles. The summed E-state index contributed by atoms with van der Waals surface area (Å²) in [6.45, 7) is 25.0. The molecule has 2 aliphatic rings. The van der Waals surface area contributed by atoms with Crippen LogP contribution >= 0.6 is 0 Å². The molecule has 4 N–H and O–H groups in total. The molecule has 0 spiro atoms. The molecule has 6 amide bonds. The summed E-state index contributed by atoms with van der Waals surface area (Å²) < 4.78 is 12.3. The zero-order valence-corrected chi connectivity index (χ0v) is 57.9. The van der Waals surface area contributed by atoms with E-state index < -0.39 is 108 Å². The van der Waals surface area contributed by atoms with Gasteiger partial charge in [0, 0.05) is 103 Å². The molecule has 2 aliphatic heterocycles. The molecular formula is C70H114N6O15. The first kappa shape index (κ1) is 79.3. The molecule has 21 nitrogen and oxygen atoms in total. The quantitative estimate of drug-likeness (QED) is 0.0352. The minimum Gasteiger partial charge on any atom is -0.481 e. The average molecular weight is 1280 g/mol. The molecule has 1 aromatic carbocycles. The number of carbonyl (C=O) groups is 11. The van der Waals surface area contributed by atoms with E-state index in [1.54, 1.807) is 54.1 Å². The van der Waals surface area contributed by atoms with Crippen LogP contribution in [0.1, 0.15) is 191 Å². The highest BCUT2D eigenvalue weighted by atomic mass is 16.5. The number of nitrogens with zero attached hydrogens (tertiary/aromatic N) is 4. The van der Waals surface area contributed by atoms with Crippen LogP contribution in [-0.2, 0) is 68.6 Å². The first-order chi connectivity index (χ1) is 42.7. The van der Waals surface area contributed by atoms with Crippen molar-refractivity contribution in [3.63, 3.8) is 0 Å². The zero-order valence-electron chi connectivity index (χ0n) is 57.9. The lowest BCUT2D eigenvalue weighted by Crippen LogP contribution is -2.54. The van der Waals surface area contributed by atoms with Gasteiger partial charge in [0.1, 0.15) is 17.6 Å². The van der Waals surface area contributed by atoms with E-state index in [1.165, 1.54) is 14.2 Å². The summed E-state index contributed by atoms with van der Waals surface area (Å²) in [5, 5.41) is 25.1. The molecule has 0 aliphatic carbocycles. The van der Waals surface area contributed by atoms with Crippen LogP contribution in [0.4, 0.5) is 0 Å². The minimum atomic E-state index is -1.42. The Hall–Kier alpha value is -5.93. The Labute approximate surface area is 543 Å². The third-order valence-corrected chi connectivity index (χ3v) is 19.1. The monoisotopic (exact) mass is 1280 g/mol. The summed E-state index contributed by atoms with van der Waals surface area (Å²) in [5.41, 5.74) is 0.327. The van der Waals surface area contributed by atoms with Crippen LogP contribution in [-0.4, -0.2) is 185 Å².